The number of nitrogens with one attached hydrogen (secondary N) is 2. The van der Waals surface area contributed by atoms with Crippen molar-refractivity contribution in [2.75, 3.05) is 12.4 Å². The van der Waals surface area contributed by atoms with E-state index >= 15 is 0 Å². The molecule has 1 aromatic carbocycles. The van der Waals surface area contributed by atoms with Crippen molar-refractivity contribution in [3.63, 3.8) is 0 Å². The molecule has 3 rings (SSSR count). The molecule has 3 aromatic rings. The van der Waals surface area contributed by atoms with Gasteiger partial charge in [0.15, 0.2) is 5.76 Å². The minimum absolute atomic E-state index is 0.0989. The van der Waals surface area contributed by atoms with Crippen LogP contribution in [0.2, 0.25) is 0 Å². The van der Waals surface area contributed by atoms with E-state index in [-0.39, 0.29) is 24.0 Å². The van der Waals surface area contributed by atoms with Crippen molar-refractivity contribution < 1.29 is 23.9 Å². The maximum Gasteiger partial charge on any atom is 0.371 e. The molecule has 0 aliphatic carbocycles. The number of amides is 2. The topological polar surface area (TPSA) is 114 Å². The van der Waals surface area contributed by atoms with E-state index in [2.05, 4.69) is 10.6 Å². The van der Waals surface area contributed by atoms with Gasteiger partial charge in [0.05, 0.1) is 5.52 Å². The second kappa shape index (κ2) is 6.52. The van der Waals surface area contributed by atoms with E-state index in [1.807, 2.05) is 12.1 Å². The van der Waals surface area contributed by atoms with Gasteiger partial charge in [0.1, 0.15) is 6.54 Å². The van der Waals surface area contributed by atoms with E-state index in [9.17, 15) is 14.4 Å². The number of likely N-dealkylation sites (N-methyl/N-ethyl adjacent to an activating group) is 1. The van der Waals surface area contributed by atoms with Gasteiger partial charge in [-0.1, -0.05) is 6.07 Å². The third-order valence-electron chi connectivity index (χ3n) is 3.67. The molecule has 2 aromatic heterocycles. The summed E-state index contributed by atoms with van der Waals surface area (Å²) < 4.78 is 6.74. The van der Waals surface area contributed by atoms with Gasteiger partial charge in [0.25, 0.3) is 5.91 Å². The lowest BCUT2D eigenvalue weighted by Gasteiger charge is -2.07. The summed E-state index contributed by atoms with van der Waals surface area (Å²) in [6, 6.07) is 9.65. The highest BCUT2D eigenvalue weighted by Gasteiger charge is 2.15. The quantitative estimate of drug-likeness (QED) is 0.656. The van der Waals surface area contributed by atoms with E-state index in [1.54, 1.807) is 29.9 Å². The molecule has 2 heterocycles. The predicted octanol–water partition coefficient (Wildman–Crippen LogP) is 1.93. The molecular formula is C17H15N3O5. The Labute approximate surface area is 142 Å². The van der Waals surface area contributed by atoms with E-state index < -0.39 is 11.9 Å². The molecule has 128 valence electrons. The lowest BCUT2D eigenvalue weighted by molar-refractivity contribution is -0.121. The van der Waals surface area contributed by atoms with Gasteiger partial charge in [-0.2, -0.15) is 0 Å². The van der Waals surface area contributed by atoms with Gasteiger partial charge < -0.3 is 24.7 Å². The normalized spacial score (nSPS) is 10.6. The van der Waals surface area contributed by atoms with Crippen LogP contribution in [0.5, 0.6) is 0 Å². The maximum absolute atomic E-state index is 12.2. The SMILES string of the molecule is CNC(=O)Cn1ccc2ccc(NC(=O)c3ccc(C(=O)O)o3)cc21. The number of benzene rings is 1. The lowest BCUT2D eigenvalue weighted by atomic mass is 10.2. The summed E-state index contributed by atoms with van der Waals surface area (Å²) in [5.41, 5.74) is 1.29. The molecule has 8 heteroatoms. The molecule has 2 amide bonds. The van der Waals surface area contributed by atoms with Crippen LogP contribution in [0.3, 0.4) is 0 Å². The summed E-state index contributed by atoms with van der Waals surface area (Å²) >= 11 is 0. The van der Waals surface area contributed by atoms with Crippen molar-refractivity contribution in [2.24, 2.45) is 0 Å². The first-order chi connectivity index (χ1) is 12.0. The third kappa shape index (κ3) is 3.37. The zero-order chi connectivity index (χ0) is 18.0. The fourth-order valence-electron chi connectivity index (χ4n) is 2.40. The number of carboxylic acids is 1. The van der Waals surface area contributed by atoms with Crippen molar-refractivity contribution in [2.45, 2.75) is 6.54 Å². The van der Waals surface area contributed by atoms with E-state index in [4.69, 9.17) is 9.52 Å². The molecule has 0 saturated heterocycles. The van der Waals surface area contributed by atoms with E-state index in [0.29, 0.717) is 5.69 Å². The van der Waals surface area contributed by atoms with E-state index in [1.165, 1.54) is 12.1 Å². The summed E-state index contributed by atoms with van der Waals surface area (Å²) in [5, 5.41) is 15.0. The van der Waals surface area contributed by atoms with Crippen LogP contribution in [0, 0.1) is 0 Å². The second-order valence-electron chi connectivity index (χ2n) is 5.31. The molecule has 0 aliphatic rings. The molecule has 25 heavy (non-hydrogen) atoms. The first-order valence-corrected chi connectivity index (χ1v) is 7.42. The number of aromatic nitrogens is 1. The van der Waals surface area contributed by atoms with Crippen molar-refractivity contribution in [3.05, 3.63) is 54.1 Å². The Morgan fingerprint density at radius 1 is 1.12 bits per heavy atom. The van der Waals surface area contributed by atoms with Crippen LogP contribution < -0.4 is 10.6 Å². The highest BCUT2D eigenvalue weighted by molar-refractivity contribution is 6.04. The summed E-state index contributed by atoms with van der Waals surface area (Å²) in [6.07, 6.45) is 1.79. The molecular weight excluding hydrogens is 326 g/mol. The monoisotopic (exact) mass is 341 g/mol. The number of fused-ring (bicyclic) bond motifs is 1. The lowest BCUT2D eigenvalue weighted by Crippen LogP contribution is -2.23. The number of furan rings is 1. The van der Waals surface area contributed by atoms with Crippen LogP contribution in [0.25, 0.3) is 10.9 Å². The number of aromatic carboxylic acids is 1. The maximum atomic E-state index is 12.2. The molecule has 0 fully saturated rings. The number of carbonyl (C=O) groups excluding carboxylic acids is 2. The summed E-state index contributed by atoms with van der Waals surface area (Å²) in [5.74, 6) is -2.34. The van der Waals surface area contributed by atoms with Gasteiger partial charge in [-0.15, -0.1) is 0 Å². The summed E-state index contributed by atoms with van der Waals surface area (Å²) in [4.78, 5) is 34.5. The Morgan fingerprint density at radius 2 is 1.88 bits per heavy atom. The van der Waals surface area contributed by atoms with Gasteiger partial charge in [0, 0.05) is 18.9 Å². The van der Waals surface area contributed by atoms with E-state index in [0.717, 1.165) is 10.9 Å². The van der Waals surface area contributed by atoms with Crippen LogP contribution in [-0.2, 0) is 11.3 Å². The fourth-order valence-corrected chi connectivity index (χ4v) is 2.40. The molecule has 0 atom stereocenters. The number of hydrogen-bond donors (Lipinski definition) is 3. The minimum atomic E-state index is -1.24. The highest BCUT2D eigenvalue weighted by Crippen LogP contribution is 2.21. The Kier molecular flexibility index (Phi) is 4.25. The molecule has 0 radical (unpaired) electrons. The van der Waals surface area contributed by atoms with Crippen LogP contribution in [0.1, 0.15) is 21.1 Å². The van der Waals surface area contributed by atoms with Gasteiger partial charge in [-0.25, -0.2) is 4.79 Å². The zero-order valence-corrected chi connectivity index (χ0v) is 13.3. The number of carboxylic acid groups (broad SMARTS) is 1. The Bertz CT molecular complexity index is 970. The number of nitrogens with zero attached hydrogens (tertiary/aromatic N) is 1. The average molecular weight is 341 g/mol. The second-order valence-corrected chi connectivity index (χ2v) is 5.31. The number of rotatable bonds is 5. The van der Waals surface area contributed by atoms with Crippen molar-refractivity contribution in [1.82, 2.24) is 9.88 Å². The molecule has 0 saturated carbocycles. The number of anilines is 1. The van der Waals surface area contributed by atoms with Gasteiger partial charge >= 0.3 is 5.97 Å². The largest absolute Gasteiger partial charge is 0.475 e. The smallest absolute Gasteiger partial charge is 0.371 e. The Morgan fingerprint density at radius 3 is 2.56 bits per heavy atom. The van der Waals surface area contributed by atoms with Gasteiger partial charge in [-0.05, 0) is 35.7 Å². The molecule has 0 unspecified atom stereocenters. The highest BCUT2D eigenvalue weighted by atomic mass is 16.4. The van der Waals surface area contributed by atoms with Crippen LogP contribution in [0.4, 0.5) is 5.69 Å². The predicted molar refractivity (Wildman–Crippen MR) is 89.6 cm³/mol. The van der Waals surface area contributed by atoms with Crippen LogP contribution >= 0.6 is 0 Å². The molecule has 0 aliphatic heterocycles. The van der Waals surface area contributed by atoms with Crippen LogP contribution in [-0.4, -0.2) is 34.5 Å². The van der Waals surface area contributed by atoms with Crippen LogP contribution in [0.15, 0.2) is 47.0 Å². The fraction of sp³-hybridized carbons (Fsp3) is 0.118. The third-order valence-corrected chi connectivity index (χ3v) is 3.67. The van der Waals surface area contributed by atoms with Gasteiger partial charge in [0.2, 0.25) is 11.7 Å². The first kappa shape index (κ1) is 16.3. The first-order valence-electron chi connectivity index (χ1n) is 7.42. The standard InChI is InChI=1S/C17H15N3O5/c1-18-15(21)9-20-7-6-10-2-3-11(8-12(10)20)19-16(22)13-4-5-14(25-13)17(23)24/h2-8H,9H2,1H3,(H,18,21)(H,19,22)(H,23,24). The van der Waals surface area contributed by atoms with Crippen molar-refractivity contribution in [3.8, 4) is 0 Å². The molecule has 3 N–H and O–H groups in total. The van der Waals surface area contributed by atoms with Crippen molar-refractivity contribution in [1.29, 1.82) is 0 Å². The summed E-state index contributed by atoms with van der Waals surface area (Å²) in [6.45, 7) is 0.164. The molecule has 0 bridgehead atoms. The Balaban J connectivity index is 1.83. The Hall–Kier alpha value is -3.55. The zero-order valence-electron chi connectivity index (χ0n) is 13.3. The summed E-state index contributed by atoms with van der Waals surface area (Å²) in [7, 11) is 1.56. The van der Waals surface area contributed by atoms with Gasteiger partial charge in [-0.3, -0.25) is 9.59 Å². The minimum Gasteiger partial charge on any atom is -0.475 e. The van der Waals surface area contributed by atoms with Crippen molar-refractivity contribution >= 4 is 34.4 Å². The number of carbonyl (C=O) groups is 3. The number of hydrogen-bond acceptors (Lipinski definition) is 4. The molecule has 8 nitrogen and oxygen atoms in total. The molecule has 0 spiro atoms. The average Bonchev–Trinajstić information content (AvgIpc) is 3.22.